The molecule has 5 heteroatoms. The van der Waals surface area contributed by atoms with Gasteiger partial charge in [0.05, 0.1) is 5.69 Å². The van der Waals surface area contributed by atoms with Gasteiger partial charge in [-0.15, -0.1) is 0 Å². The summed E-state index contributed by atoms with van der Waals surface area (Å²) in [6.07, 6.45) is 2.03. The maximum atomic E-state index is 15.3. The smallest absolute Gasteiger partial charge is 0.162 e. The summed E-state index contributed by atoms with van der Waals surface area (Å²) in [7, 11) is 0. The van der Waals surface area contributed by atoms with Gasteiger partial charge in [-0.1, -0.05) is 63.6 Å². The summed E-state index contributed by atoms with van der Waals surface area (Å²) < 4.78 is 15.3. The van der Waals surface area contributed by atoms with Crippen LogP contribution in [0.15, 0.2) is 71.1 Å². The Hall–Kier alpha value is -2.72. The number of ketones is 2. The van der Waals surface area contributed by atoms with Crippen molar-refractivity contribution in [1.29, 1.82) is 0 Å². The van der Waals surface area contributed by atoms with Gasteiger partial charge in [0.2, 0.25) is 0 Å². The maximum absolute atomic E-state index is 15.3. The van der Waals surface area contributed by atoms with Crippen LogP contribution in [0.4, 0.5) is 10.1 Å². The first kappa shape index (κ1) is 23.0. The molecular weight excluding hydrogens is 449 g/mol. The van der Waals surface area contributed by atoms with Crippen molar-refractivity contribution in [2.45, 2.75) is 59.3 Å². The lowest BCUT2D eigenvalue weighted by atomic mass is 9.63. The molecule has 0 amide bonds. The predicted octanol–water partition coefficient (Wildman–Crippen LogP) is 7.37. The number of nitrogens with zero attached hydrogens (tertiary/aromatic N) is 1. The molecule has 0 spiro atoms. The Labute approximate surface area is 205 Å². The molecule has 0 saturated heterocycles. The highest BCUT2D eigenvalue weighted by Gasteiger charge is 2.49. The number of anilines is 1. The molecule has 0 atom stereocenters. The largest absolute Gasteiger partial charge is 0.314 e. The van der Waals surface area contributed by atoms with Crippen molar-refractivity contribution in [2.75, 3.05) is 4.90 Å². The third-order valence-corrected chi connectivity index (χ3v) is 7.46. The van der Waals surface area contributed by atoms with Gasteiger partial charge < -0.3 is 4.90 Å². The topological polar surface area (TPSA) is 37.4 Å². The second-order valence-corrected chi connectivity index (χ2v) is 11.8. The van der Waals surface area contributed by atoms with Gasteiger partial charge in [-0.05, 0) is 53.5 Å². The third-order valence-electron chi connectivity index (χ3n) is 7.21. The zero-order valence-electron chi connectivity index (χ0n) is 20.0. The predicted molar refractivity (Wildman–Crippen MR) is 133 cm³/mol. The Morgan fingerprint density at radius 2 is 1.29 bits per heavy atom. The van der Waals surface area contributed by atoms with E-state index in [9.17, 15) is 9.59 Å². The molecule has 0 radical (unpaired) electrons. The molecule has 1 aliphatic heterocycles. The van der Waals surface area contributed by atoms with E-state index in [2.05, 4.69) is 27.7 Å². The Kier molecular flexibility index (Phi) is 5.36. The van der Waals surface area contributed by atoms with E-state index in [1.807, 2.05) is 17.0 Å². The van der Waals surface area contributed by atoms with E-state index in [0.717, 1.165) is 17.0 Å². The molecule has 3 nitrogen and oxygen atoms in total. The maximum Gasteiger partial charge on any atom is 0.162 e. The van der Waals surface area contributed by atoms with E-state index >= 15 is 4.39 Å². The van der Waals surface area contributed by atoms with E-state index in [1.54, 1.807) is 30.3 Å². The Morgan fingerprint density at radius 3 is 1.79 bits per heavy atom. The van der Waals surface area contributed by atoms with Crippen LogP contribution in [0.25, 0.3) is 0 Å². The number of hydrogen-bond acceptors (Lipinski definition) is 3. The van der Waals surface area contributed by atoms with Crippen molar-refractivity contribution < 1.29 is 14.0 Å². The van der Waals surface area contributed by atoms with Crippen LogP contribution in [-0.2, 0) is 9.59 Å². The second-order valence-electron chi connectivity index (χ2n) is 11.4. The van der Waals surface area contributed by atoms with E-state index in [1.165, 1.54) is 6.07 Å². The summed E-state index contributed by atoms with van der Waals surface area (Å²) in [4.78, 5) is 29.4. The number of hydrogen-bond donors (Lipinski definition) is 0. The highest BCUT2D eigenvalue weighted by Crippen LogP contribution is 2.55. The van der Waals surface area contributed by atoms with Crippen LogP contribution in [0.3, 0.4) is 0 Å². The van der Waals surface area contributed by atoms with Gasteiger partial charge in [0.25, 0.3) is 0 Å². The molecule has 2 aliphatic carbocycles. The van der Waals surface area contributed by atoms with Crippen LogP contribution < -0.4 is 4.90 Å². The molecular formula is C29H29ClFNO2. The first-order valence-corrected chi connectivity index (χ1v) is 12.2. The van der Waals surface area contributed by atoms with Crippen LogP contribution in [0, 0.1) is 16.6 Å². The monoisotopic (exact) mass is 477 g/mol. The molecule has 2 aromatic rings. The fraction of sp³-hybridized carbons (Fsp3) is 0.379. The normalized spacial score (nSPS) is 22.1. The molecule has 34 heavy (non-hydrogen) atoms. The van der Waals surface area contributed by atoms with Gasteiger partial charge in [-0.25, -0.2) is 4.39 Å². The van der Waals surface area contributed by atoms with Gasteiger partial charge in [0.15, 0.2) is 11.6 Å². The summed E-state index contributed by atoms with van der Waals surface area (Å²) in [5, 5.41) is 0.600. The third kappa shape index (κ3) is 3.82. The van der Waals surface area contributed by atoms with Crippen LogP contribution in [-0.4, -0.2) is 11.6 Å². The molecule has 176 valence electrons. The molecule has 5 rings (SSSR count). The molecule has 0 saturated carbocycles. The minimum atomic E-state index is -0.461. The summed E-state index contributed by atoms with van der Waals surface area (Å²) in [6, 6.07) is 14.1. The highest BCUT2D eigenvalue weighted by molar-refractivity contribution is 6.30. The quantitative estimate of drug-likeness (QED) is 0.453. The standard InChI is InChI=1S/C29H29ClFNO2/c1-28(2)13-21-26(23(33)15-28)25(17-9-11-18(30)12-10-17)27-22(14-29(3,4)16-24(27)34)32(21)20-8-6-5-7-19(20)31/h5-12,25H,13-16H2,1-4H3. The molecule has 0 fully saturated rings. The number of benzene rings is 2. The Balaban J connectivity index is 1.85. The summed E-state index contributed by atoms with van der Waals surface area (Å²) in [6.45, 7) is 8.30. The number of Topliss-reactive ketones (excluding diaryl/α,β-unsaturated/α-hetero) is 2. The van der Waals surface area contributed by atoms with Crippen molar-refractivity contribution in [3.63, 3.8) is 0 Å². The average Bonchev–Trinajstić information content (AvgIpc) is 2.72. The summed E-state index contributed by atoms with van der Waals surface area (Å²) in [5.41, 5.74) is 3.61. The number of allylic oxidation sites excluding steroid dienone is 4. The van der Waals surface area contributed by atoms with Crippen molar-refractivity contribution >= 4 is 28.9 Å². The number of carbonyl (C=O) groups excluding carboxylic acids is 2. The zero-order valence-corrected chi connectivity index (χ0v) is 20.8. The van der Waals surface area contributed by atoms with Crippen LogP contribution >= 0.6 is 11.6 Å². The van der Waals surface area contributed by atoms with Crippen LogP contribution in [0.5, 0.6) is 0 Å². The first-order chi connectivity index (χ1) is 16.0. The van der Waals surface area contributed by atoms with Crippen LogP contribution in [0.1, 0.15) is 64.9 Å². The lowest BCUT2D eigenvalue weighted by Gasteiger charge is -2.49. The van der Waals surface area contributed by atoms with E-state index in [0.29, 0.717) is 47.5 Å². The van der Waals surface area contributed by atoms with Crippen molar-refractivity contribution in [1.82, 2.24) is 0 Å². The van der Waals surface area contributed by atoms with Gasteiger partial charge in [0, 0.05) is 46.3 Å². The van der Waals surface area contributed by atoms with E-state index < -0.39 is 5.92 Å². The van der Waals surface area contributed by atoms with Crippen molar-refractivity contribution in [3.8, 4) is 0 Å². The molecule has 3 aliphatic rings. The minimum absolute atomic E-state index is 0.0247. The first-order valence-electron chi connectivity index (χ1n) is 11.8. The second kappa shape index (κ2) is 7.91. The summed E-state index contributed by atoms with van der Waals surface area (Å²) >= 11 is 6.17. The van der Waals surface area contributed by atoms with Crippen LogP contribution in [0.2, 0.25) is 5.02 Å². The fourth-order valence-electron chi connectivity index (χ4n) is 5.88. The minimum Gasteiger partial charge on any atom is -0.314 e. The van der Waals surface area contributed by atoms with Gasteiger partial charge >= 0.3 is 0 Å². The van der Waals surface area contributed by atoms with Crippen molar-refractivity contribution in [2.24, 2.45) is 10.8 Å². The summed E-state index contributed by atoms with van der Waals surface area (Å²) in [5.74, 6) is -0.774. The lowest BCUT2D eigenvalue weighted by Crippen LogP contribution is -2.44. The number of carbonyl (C=O) groups is 2. The van der Waals surface area contributed by atoms with E-state index in [-0.39, 0.29) is 28.2 Å². The molecule has 0 bridgehead atoms. The Morgan fingerprint density at radius 1 is 0.794 bits per heavy atom. The van der Waals surface area contributed by atoms with Gasteiger partial charge in [-0.3, -0.25) is 9.59 Å². The highest BCUT2D eigenvalue weighted by atomic mass is 35.5. The molecule has 0 aromatic heterocycles. The van der Waals surface area contributed by atoms with Gasteiger partial charge in [-0.2, -0.15) is 0 Å². The average molecular weight is 478 g/mol. The number of para-hydroxylation sites is 1. The molecule has 2 aromatic carbocycles. The Bertz CT molecular complexity index is 1220. The zero-order chi connectivity index (χ0) is 24.4. The van der Waals surface area contributed by atoms with Gasteiger partial charge in [0.1, 0.15) is 5.82 Å². The number of rotatable bonds is 2. The number of halogens is 2. The van der Waals surface area contributed by atoms with E-state index in [4.69, 9.17) is 11.6 Å². The lowest BCUT2D eigenvalue weighted by molar-refractivity contribution is -0.119. The molecule has 1 heterocycles. The SMILES string of the molecule is CC1(C)CC(=O)C2=C(C1)N(c1ccccc1F)C1=C(C(=O)CC(C)(C)C1)C2c1ccc(Cl)cc1. The van der Waals surface area contributed by atoms with Crippen molar-refractivity contribution in [3.05, 3.63) is 87.5 Å². The molecule has 0 unspecified atom stereocenters. The fourth-order valence-corrected chi connectivity index (χ4v) is 6.00. The molecule has 0 N–H and O–H groups in total.